The SMILES string of the molecule is CC.Cc1cncc(Nc2cccc(C#N)c2)c1. The largest absolute Gasteiger partial charge is 0.354 e. The summed E-state index contributed by atoms with van der Waals surface area (Å²) >= 11 is 0. The number of nitrogens with zero attached hydrogens (tertiary/aromatic N) is 2. The summed E-state index contributed by atoms with van der Waals surface area (Å²) in [7, 11) is 0. The quantitative estimate of drug-likeness (QED) is 0.860. The van der Waals surface area contributed by atoms with Gasteiger partial charge in [-0.15, -0.1) is 0 Å². The van der Waals surface area contributed by atoms with Crippen molar-refractivity contribution in [2.75, 3.05) is 5.32 Å². The molecule has 2 rings (SSSR count). The Morgan fingerprint density at radius 2 is 1.89 bits per heavy atom. The predicted molar refractivity (Wildman–Crippen MR) is 74.8 cm³/mol. The van der Waals surface area contributed by atoms with Crippen LogP contribution in [-0.4, -0.2) is 4.98 Å². The topological polar surface area (TPSA) is 48.7 Å². The van der Waals surface area contributed by atoms with Gasteiger partial charge in [0.15, 0.2) is 0 Å². The van der Waals surface area contributed by atoms with Crippen LogP contribution < -0.4 is 5.32 Å². The minimum absolute atomic E-state index is 0.644. The van der Waals surface area contributed by atoms with Crippen molar-refractivity contribution in [2.24, 2.45) is 0 Å². The summed E-state index contributed by atoms with van der Waals surface area (Å²) in [6, 6.07) is 11.5. The van der Waals surface area contributed by atoms with Crippen molar-refractivity contribution in [3.63, 3.8) is 0 Å². The molecule has 0 aliphatic carbocycles. The van der Waals surface area contributed by atoms with Gasteiger partial charge in [0.05, 0.1) is 23.5 Å². The second kappa shape index (κ2) is 7.08. The summed E-state index contributed by atoms with van der Waals surface area (Å²) < 4.78 is 0. The lowest BCUT2D eigenvalue weighted by Gasteiger charge is -2.06. The molecule has 0 atom stereocenters. The molecule has 0 bridgehead atoms. The van der Waals surface area contributed by atoms with E-state index < -0.39 is 0 Å². The summed E-state index contributed by atoms with van der Waals surface area (Å²) in [5.74, 6) is 0. The van der Waals surface area contributed by atoms with Crippen molar-refractivity contribution in [2.45, 2.75) is 20.8 Å². The molecule has 3 heteroatoms. The van der Waals surface area contributed by atoms with Crippen LogP contribution in [0.15, 0.2) is 42.7 Å². The molecule has 1 heterocycles. The second-order valence-electron chi connectivity index (χ2n) is 3.57. The first-order chi connectivity index (χ1) is 8.78. The van der Waals surface area contributed by atoms with E-state index in [0.717, 1.165) is 16.9 Å². The first-order valence-corrected chi connectivity index (χ1v) is 5.97. The van der Waals surface area contributed by atoms with E-state index >= 15 is 0 Å². The van der Waals surface area contributed by atoms with Crippen molar-refractivity contribution in [3.8, 4) is 6.07 Å². The van der Waals surface area contributed by atoms with Crippen LogP contribution in [0.25, 0.3) is 0 Å². The van der Waals surface area contributed by atoms with Gasteiger partial charge < -0.3 is 5.32 Å². The van der Waals surface area contributed by atoms with Crippen LogP contribution in [0, 0.1) is 18.3 Å². The molecule has 1 aromatic heterocycles. The molecule has 0 amide bonds. The lowest BCUT2D eigenvalue weighted by atomic mass is 10.2. The Labute approximate surface area is 108 Å². The molecule has 92 valence electrons. The fourth-order valence-corrected chi connectivity index (χ4v) is 1.46. The maximum Gasteiger partial charge on any atom is 0.0992 e. The molecule has 0 saturated heterocycles. The van der Waals surface area contributed by atoms with E-state index in [9.17, 15) is 0 Å². The van der Waals surface area contributed by atoms with Crippen LogP contribution in [0.2, 0.25) is 0 Å². The molecule has 1 aromatic carbocycles. The van der Waals surface area contributed by atoms with Crippen molar-refractivity contribution < 1.29 is 0 Å². The molecule has 0 fully saturated rings. The minimum atomic E-state index is 0.644. The summed E-state index contributed by atoms with van der Waals surface area (Å²) in [5.41, 5.74) is 3.56. The number of anilines is 2. The van der Waals surface area contributed by atoms with Crippen LogP contribution in [-0.2, 0) is 0 Å². The van der Waals surface area contributed by atoms with Gasteiger partial charge in [-0.05, 0) is 36.8 Å². The zero-order valence-electron chi connectivity index (χ0n) is 10.9. The summed E-state index contributed by atoms with van der Waals surface area (Å²) in [5, 5.41) is 12.0. The fourth-order valence-electron chi connectivity index (χ4n) is 1.46. The lowest BCUT2D eigenvalue weighted by Crippen LogP contribution is -1.92. The standard InChI is InChI=1S/C13H11N3.C2H6/c1-10-5-13(9-15-8-10)16-12-4-2-3-11(6-12)7-14;1-2/h2-6,8-9,16H,1H3;1-2H3. The number of nitriles is 1. The van der Waals surface area contributed by atoms with Gasteiger partial charge in [-0.1, -0.05) is 19.9 Å². The molecule has 0 radical (unpaired) electrons. The summed E-state index contributed by atoms with van der Waals surface area (Å²) in [6.45, 7) is 5.99. The van der Waals surface area contributed by atoms with E-state index in [1.165, 1.54) is 0 Å². The maximum absolute atomic E-state index is 8.78. The highest BCUT2D eigenvalue weighted by Crippen LogP contribution is 2.17. The smallest absolute Gasteiger partial charge is 0.0992 e. The molecular weight excluding hydrogens is 222 g/mol. The van der Waals surface area contributed by atoms with Gasteiger partial charge in [0.1, 0.15) is 0 Å². The number of aromatic nitrogens is 1. The first-order valence-electron chi connectivity index (χ1n) is 5.97. The van der Waals surface area contributed by atoms with E-state index in [-0.39, 0.29) is 0 Å². The molecule has 0 aliphatic heterocycles. The summed E-state index contributed by atoms with van der Waals surface area (Å²) in [4.78, 5) is 4.10. The number of hydrogen-bond acceptors (Lipinski definition) is 3. The van der Waals surface area contributed by atoms with Crippen LogP contribution >= 0.6 is 0 Å². The Morgan fingerprint density at radius 1 is 1.11 bits per heavy atom. The average Bonchev–Trinajstić information content (AvgIpc) is 2.41. The molecule has 0 spiro atoms. The van der Waals surface area contributed by atoms with Gasteiger partial charge in [0.25, 0.3) is 0 Å². The first kappa shape index (κ1) is 13.7. The number of hydrogen-bond donors (Lipinski definition) is 1. The van der Waals surface area contributed by atoms with Crippen LogP contribution in [0.3, 0.4) is 0 Å². The zero-order chi connectivity index (χ0) is 13.4. The third kappa shape index (κ3) is 3.91. The molecule has 1 N–H and O–H groups in total. The minimum Gasteiger partial charge on any atom is -0.354 e. The van der Waals surface area contributed by atoms with Crippen molar-refractivity contribution in [1.82, 2.24) is 4.98 Å². The van der Waals surface area contributed by atoms with Crippen LogP contribution in [0.4, 0.5) is 11.4 Å². The van der Waals surface area contributed by atoms with Crippen LogP contribution in [0.5, 0.6) is 0 Å². The molecular formula is C15H17N3. The lowest BCUT2D eigenvalue weighted by molar-refractivity contribution is 1.26. The summed E-state index contributed by atoms with van der Waals surface area (Å²) in [6.07, 6.45) is 3.56. The molecule has 2 aromatic rings. The van der Waals surface area contributed by atoms with Crippen molar-refractivity contribution in [3.05, 3.63) is 53.9 Å². The maximum atomic E-state index is 8.78. The highest BCUT2D eigenvalue weighted by Gasteiger charge is 1.96. The van der Waals surface area contributed by atoms with Crippen LogP contribution in [0.1, 0.15) is 25.0 Å². The molecule has 0 saturated carbocycles. The van der Waals surface area contributed by atoms with E-state index in [2.05, 4.69) is 16.4 Å². The van der Waals surface area contributed by atoms with E-state index in [1.807, 2.05) is 45.0 Å². The van der Waals surface area contributed by atoms with Crippen molar-refractivity contribution >= 4 is 11.4 Å². The van der Waals surface area contributed by atoms with Gasteiger partial charge in [0, 0.05) is 11.9 Å². The Balaban J connectivity index is 0.000000771. The zero-order valence-corrected chi connectivity index (χ0v) is 10.9. The fraction of sp³-hybridized carbons (Fsp3) is 0.200. The van der Waals surface area contributed by atoms with E-state index in [4.69, 9.17) is 5.26 Å². The van der Waals surface area contributed by atoms with Gasteiger partial charge in [-0.2, -0.15) is 5.26 Å². The molecule has 0 aliphatic rings. The molecule has 3 nitrogen and oxygen atoms in total. The Kier molecular flexibility index (Phi) is 5.40. The normalized spacial score (nSPS) is 8.78. The highest BCUT2D eigenvalue weighted by molar-refractivity contribution is 5.60. The van der Waals surface area contributed by atoms with Gasteiger partial charge >= 0.3 is 0 Å². The third-order valence-corrected chi connectivity index (χ3v) is 2.16. The monoisotopic (exact) mass is 239 g/mol. The predicted octanol–water partition coefficient (Wildman–Crippen LogP) is 4.03. The van der Waals surface area contributed by atoms with E-state index in [0.29, 0.717) is 5.56 Å². The Bertz CT molecular complexity index is 541. The van der Waals surface area contributed by atoms with E-state index in [1.54, 1.807) is 18.5 Å². The Hall–Kier alpha value is -2.34. The highest BCUT2D eigenvalue weighted by atomic mass is 14.9. The number of rotatable bonds is 2. The molecule has 18 heavy (non-hydrogen) atoms. The third-order valence-electron chi connectivity index (χ3n) is 2.16. The van der Waals surface area contributed by atoms with Gasteiger partial charge in [-0.25, -0.2) is 0 Å². The number of aryl methyl sites for hydroxylation is 1. The Morgan fingerprint density at radius 3 is 2.56 bits per heavy atom. The number of pyridine rings is 1. The second-order valence-corrected chi connectivity index (χ2v) is 3.57. The van der Waals surface area contributed by atoms with Gasteiger partial charge in [0.2, 0.25) is 0 Å². The molecule has 0 unspecified atom stereocenters. The van der Waals surface area contributed by atoms with Crippen molar-refractivity contribution in [1.29, 1.82) is 5.26 Å². The average molecular weight is 239 g/mol. The van der Waals surface area contributed by atoms with Gasteiger partial charge in [-0.3, -0.25) is 4.98 Å². The number of nitrogens with one attached hydrogen (secondary N) is 1. The number of benzene rings is 1.